The summed E-state index contributed by atoms with van der Waals surface area (Å²) in [5.74, 6) is 5.04. The van der Waals surface area contributed by atoms with Crippen LogP contribution in [-0.4, -0.2) is 65.6 Å². The summed E-state index contributed by atoms with van der Waals surface area (Å²) in [6, 6.07) is 2.10. The van der Waals surface area contributed by atoms with E-state index in [1.807, 2.05) is 11.8 Å². The van der Waals surface area contributed by atoms with Gasteiger partial charge in [-0.3, -0.25) is 0 Å². The van der Waals surface area contributed by atoms with E-state index < -0.39 is 0 Å². The average Bonchev–Trinajstić information content (AvgIpc) is 2.62. The molecule has 128 valence electrons. The molecule has 1 atom stereocenters. The molecular weight excluding hydrogens is 306 g/mol. The van der Waals surface area contributed by atoms with Crippen LogP contribution in [0.5, 0.6) is 0 Å². The number of nitrogens with one attached hydrogen (secondary N) is 1. The van der Waals surface area contributed by atoms with Crippen LogP contribution in [0.3, 0.4) is 0 Å². The topological polar surface area (TPSA) is 44.3 Å². The number of aromatic nitrogens is 2. The quantitative estimate of drug-likeness (QED) is 0.862. The van der Waals surface area contributed by atoms with E-state index >= 15 is 0 Å². The van der Waals surface area contributed by atoms with E-state index in [4.69, 9.17) is 0 Å². The summed E-state index contributed by atoms with van der Waals surface area (Å²) in [7, 11) is 0. The number of likely N-dealkylation sites (tertiary alicyclic amines) is 1. The fourth-order valence-corrected chi connectivity index (χ4v) is 4.24. The standard InChI is InChI=1S/C17H29N5S/c1-15(13-21-5-3-2-4-6-21)12-18-16-11-17(20-14-19-16)22-7-9-23-10-8-22/h11,14-15H,2-10,12-13H2,1H3,(H,18,19,20). The van der Waals surface area contributed by atoms with Crippen molar-refractivity contribution in [1.29, 1.82) is 0 Å². The summed E-state index contributed by atoms with van der Waals surface area (Å²) < 4.78 is 0. The van der Waals surface area contributed by atoms with Crippen molar-refractivity contribution in [2.45, 2.75) is 26.2 Å². The minimum Gasteiger partial charge on any atom is -0.370 e. The zero-order valence-electron chi connectivity index (χ0n) is 14.2. The second kappa shape index (κ2) is 8.73. The van der Waals surface area contributed by atoms with Crippen LogP contribution in [-0.2, 0) is 0 Å². The summed E-state index contributed by atoms with van der Waals surface area (Å²) in [6.45, 7) is 9.21. The molecule has 2 aliphatic heterocycles. The largest absolute Gasteiger partial charge is 0.370 e. The lowest BCUT2D eigenvalue weighted by atomic mass is 10.1. The Hall–Kier alpha value is -1.01. The molecule has 1 aromatic heterocycles. The summed E-state index contributed by atoms with van der Waals surface area (Å²) in [4.78, 5) is 13.8. The molecule has 1 unspecified atom stereocenters. The van der Waals surface area contributed by atoms with Gasteiger partial charge in [-0.25, -0.2) is 9.97 Å². The Balaban J connectivity index is 1.47. The highest BCUT2D eigenvalue weighted by Crippen LogP contribution is 2.19. The molecule has 5 nitrogen and oxygen atoms in total. The maximum absolute atomic E-state index is 4.44. The molecule has 6 heteroatoms. The first-order valence-corrected chi connectivity index (χ1v) is 10.1. The number of anilines is 2. The zero-order chi connectivity index (χ0) is 15.9. The van der Waals surface area contributed by atoms with Crippen LogP contribution in [0.15, 0.2) is 12.4 Å². The molecule has 3 heterocycles. The lowest BCUT2D eigenvalue weighted by Gasteiger charge is -2.29. The van der Waals surface area contributed by atoms with Gasteiger partial charge >= 0.3 is 0 Å². The first kappa shape index (κ1) is 16.8. The predicted molar refractivity (Wildman–Crippen MR) is 99.5 cm³/mol. The molecule has 3 rings (SSSR count). The molecule has 2 aliphatic rings. The van der Waals surface area contributed by atoms with Gasteiger partial charge in [0.05, 0.1) is 0 Å². The Kier molecular flexibility index (Phi) is 6.39. The molecule has 2 saturated heterocycles. The fourth-order valence-electron chi connectivity index (χ4n) is 3.34. The Bertz CT molecular complexity index is 472. The van der Waals surface area contributed by atoms with Crippen molar-refractivity contribution in [1.82, 2.24) is 14.9 Å². The highest BCUT2D eigenvalue weighted by molar-refractivity contribution is 7.99. The summed E-state index contributed by atoms with van der Waals surface area (Å²) in [6.07, 6.45) is 5.82. The highest BCUT2D eigenvalue weighted by Gasteiger charge is 2.15. The van der Waals surface area contributed by atoms with Gasteiger partial charge in [0.15, 0.2) is 0 Å². The molecule has 0 bridgehead atoms. The summed E-state index contributed by atoms with van der Waals surface area (Å²) >= 11 is 2.02. The van der Waals surface area contributed by atoms with Gasteiger partial charge in [-0.1, -0.05) is 13.3 Å². The molecular formula is C17H29N5S. The van der Waals surface area contributed by atoms with E-state index in [2.05, 4.69) is 38.1 Å². The van der Waals surface area contributed by atoms with Gasteiger partial charge in [0, 0.05) is 43.8 Å². The van der Waals surface area contributed by atoms with E-state index in [0.717, 1.165) is 31.3 Å². The van der Waals surface area contributed by atoms with E-state index in [1.54, 1.807) is 6.33 Å². The van der Waals surface area contributed by atoms with Gasteiger partial charge in [-0.05, 0) is 31.8 Å². The molecule has 1 aromatic rings. The minimum atomic E-state index is 0.637. The maximum Gasteiger partial charge on any atom is 0.134 e. The first-order chi connectivity index (χ1) is 11.3. The van der Waals surface area contributed by atoms with E-state index in [0.29, 0.717) is 5.92 Å². The second-order valence-corrected chi connectivity index (χ2v) is 7.93. The number of nitrogens with zero attached hydrogens (tertiary/aromatic N) is 4. The van der Waals surface area contributed by atoms with Crippen LogP contribution in [0.2, 0.25) is 0 Å². The minimum absolute atomic E-state index is 0.637. The lowest BCUT2D eigenvalue weighted by Crippen LogP contribution is -2.35. The molecule has 0 aliphatic carbocycles. The van der Waals surface area contributed by atoms with Gasteiger partial charge in [-0.15, -0.1) is 0 Å². The molecule has 0 radical (unpaired) electrons. The summed E-state index contributed by atoms with van der Waals surface area (Å²) in [5, 5.41) is 3.50. The predicted octanol–water partition coefficient (Wildman–Crippen LogP) is 2.56. The van der Waals surface area contributed by atoms with Crippen molar-refractivity contribution in [3.05, 3.63) is 12.4 Å². The molecule has 2 fully saturated rings. The molecule has 0 spiro atoms. The summed E-state index contributed by atoms with van der Waals surface area (Å²) in [5.41, 5.74) is 0. The normalized spacial score (nSPS) is 21.2. The number of thioether (sulfide) groups is 1. The third-order valence-corrected chi connectivity index (χ3v) is 5.58. The van der Waals surface area contributed by atoms with Crippen molar-refractivity contribution in [3.8, 4) is 0 Å². The number of piperidine rings is 1. The molecule has 23 heavy (non-hydrogen) atoms. The van der Waals surface area contributed by atoms with Crippen molar-refractivity contribution in [2.75, 3.05) is 61.0 Å². The highest BCUT2D eigenvalue weighted by atomic mass is 32.2. The smallest absolute Gasteiger partial charge is 0.134 e. The van der Waals surface area contributed by atoms with Crippen LogP contribution in [0.1, 0.15) is 26.2 Å². The first-order valence-electron chi connectivity index (χ1n) is 8.92. The Morgan fingerprint density at radius 1 is 1.13 bits per heavy atom. The van der Waals surface area contributed by atoms with Crippen LogP contribution in [0, 0.1) is 5.92 Å². The van der Waals surface area contributed by atoms with Gasteiger partial charge in [0.2, 0.25) is 0 Å². The van der Waals surface area contributed by atoms with Crippen molar-refractivity contribution >= 4 is 23.4 Å². The van der Waals surface area contributed by atoms with Crippen LogP contribution in [0.25, 0.3) is 0 Å². The van der Waals surface area contributed by atoms with E-state index in [1.165, 1.54) is 50.4 Å². The van der Waals surface area contributed by atoms with Gasteiger partial charge in [-0.2, -0.15) is 11.8 Å². The van der Waals surface area contributed by atoms with E-state index in [9.17, 15) is 0 Å². The SMILES string of the molecule is CC(CNc1cc(N2CCSCC2)ncn1)CN1CCCCC1. The van der Waals surface area contributed by atoms with Crippen molar-refractivity contribution < 1.29 is 0 Å². The molecule has 0 saturated carbocycles. The van der Waals surface area contributed by atoms with Crippen molar-refractivity contribution in [2.24, 2.45) is 5.92 Å². The lowest BCUT2D eigenvalue weighted by molar-refractivity contribution is 0.204. The molecule has 0 amide bonds. The van der Waals surface area contributed by atoms with Crippen LogP contribution in [0.4, 0.5) is 11.6 Å². The third-order valence-electron chi connectivity index (χ3n) is 4.64. The number of hydrogen-bond acceptors (Lipinski definition) is 6. The number of rotatable bonds is 6. The third kappa shape index (κ3) is 5.24. The Morgan fingerprint density at radius 2 is 1.91 bits per heavy atom. The van der Waals surface area contributed by atoms with E-state index in [-0.39, 0.29) is 0 Å². The second-order valence-electron chi connectivity index (χ2n) is 6.71. The monoisotopic (exact) mass is 335 g/mol. The molecule has 1 N–H and O–H groups in total. The zero-order valence-corrected chi connectivity index (χ0v) is 15.0. The van der Waals surface area contributed by atoms with Crippen molar-refractivity contribution in [3.63, 3.8) is 0 Å². The fraction of sp³-hybridized carbons (Fsp3) is 0.765. The van der Waals surface area contributed by atoms with Gasteiger partial charge in [0.1, 0.15) is 18.0 Å². The van der Waals surface area contributed by atoms with Gasteiger partial charge < -0.3 is 15.1 Å². The van der Waals surface area contributed by atoms with Crippen LogP contribution >= 0.6 is 11.8 Å². The van der Waals surface area contributed by atoms with Crippen LogP contribution < -0.4 is 10.2 Å². The number of hydrogen-bond donors (Lipinski definition) is 1. The average molecular weight is 336 g/mol. The molecule has 0 aromatic carbocycles. The Morgan fingerprint density at radius 3 is 2.70 bits per heavy atom. The maximum atomic E-state index is 4.44. The Labute approximate surface area is 144 Å². The van der Waals surface area contributed by atoms with Gasteiger partial charge in [0.25, 0.3) is 0 Å².